The molecule has 0 bridgehead atoms. The standard InChI is InChI=1S/C22H29N3O/c1-16-4-3-5-21(17(16)2)25-12-10-24(11-13-25)15-22(26)19-6-7-20-18(14-19)8-9-23-20/h3-7,14,22-23,26H,8-13,15H2,1-2H3. The molecule has 0 aliphatic carbocycles. The molecule has 26 heavy (non-hydrogen) atoms. The van der Waals surface area contributed by atoms with Gasteiger partial charge in [-0.25, -0.2) is 0 Å². The summed E-state index contributed by atoms with van der Waals surface area (Å²) in [6.45, 7) is 10.1. The predicted molar refractivity (Wildman–Crippen MR) is 108 cm³/mol. The van der Waals surface area contributed by atoms with Crippen molar-refractivity contribution in [3.63, 3.8) is 0 Å². The fourth-order valence-electron chi connectivity index (χ4n) is 4.13. The van der Waals surface area contributed by atoms with E-state index in [1.165, 1.54) is 28.1 Å². The number of hydrogen-bond acceptors (Lipinski definition) is 4. The molecule has 2 N–H and O–H groups in total. The molecule has 4 heteroatoms. The molecule has 1 unspecified atom stereocenters. The minimum atomic E-state index is -0.409. The number of benzene rings is 2. The number of aryl methyl sites for hydroxylation is 1. The molecular formula is C22H29N3O. The molecular weight excluding hydrogens is 322 g/mol. The quantitative estimate of drug-likeness (QED) is 0.888. The van der Waals surface area contributed by atoms with Crippen LogP contribution in [0.2, 0.25) is 0 Å². The zero-order chi connectivity index (χ0) is 18.1. The molecule has 2 heterocycles. The van der Waals surface area contributed by atoms with Crippen LogP contribution in [0.4, 0.5) is 11.4 Å². The van der Waals surface area contributed by atoms with E-state index >= 15 is 0 Å². The van der Waals surface area contributed by atoms with E-state index in [2.05, 4.69) is 65.4 Å². The van der Waals surface area contributed by atoms with Crippen molar-refractivity contribution in [1.82, 2.24) is 4.90 Å². The molecule has 1 saturated heterocycles. The minimum Gasteiger partial charge on any atom is -0.387 e. The Bertz CT molecular complexity index is 781. The predicted octanol–water partition coefficient (Wildman–Crippen LogP) is 3.13. The second-order valence-corrected chi connectivity index (χ2v) is 7.62. The van der Waals surface area contributed by atoms with Crippen molar-refractivity contribution in [2.75, 3.05) is 49.5 Å². The monoisotopic (exact) mass is 351 g/mol. The highest BCUT2D eigenvalue weighted by Gasteiger charge is 2.22. The second kappa shape index (κ2) is 7.29. The van der Waals surface area contributed by atoms with Crippen LogP contribution in [-0.2, 0) is 6.42 Å². The largest absolute Gasteiger partial charge is 0.387 e. The van der Waals surface area contributed by atoms with Crippen molar-refractivity contribution >= 4 is 11.4 Å². The summed E-state index contributed by atoms with van der Waals surface area (Å²) in [6.07, 6.45) is 0.651. The van der Waals surface area contributed by atoms with Crippen LogP contribution in [0.25, 0.3) is 0 Å². The first-order chi connectivity index (χ1) is 12.6. The maximum absolute atomic E-state index is 10.7. The van der Waals surface area contributed by atoms with Crippen molar-refractivity contribution in [1.29, 1.82) is 0 Å². The number of nitrogens with one attached hydrogen (secondary N) is 1. The fraction of sp³-hybridized carbons (Fsp3) is 0.455. The molecule has 2 aromatic carbocycles. The summed E-state index contributed by atoms with van der Waals surface area (Å²) in [5.74, 6) is 0. The van der Waals surface area contributed by atoms with Gasteiger partial charge >= 0.3 is 0 Å². The summed E-state index contributed by atoms with van der Waals surface area (Å²) < 4.78 is 0. The molecule has 0 saturated carbocycles. The molecule has 1 atom stereocenters. The van der Waals surface area contributed by atoms with Crippen LogP contribution in [0.3, 0.4) is 0 Å². The smallest absolute Gasteiger partial charge is 0.0917 e. The minimum absolute atomic E-state index is 0.409. The lowest BCUT2D eigenvalue weighted by Crippen LogP contribution is -2.47. The molecule has 0 amide bonds. The van der Waals surface area contributed by atoms with E-state index in [9.17, 15) is 5.11 Å². The zero-order valence-electron chi connectivity index (χ0n) is 15.8. The number of hydrogen-bond donors (Lipinski definition) is 2. The fourth-order valence-corrected chi connectivity index (χ4v) is 4.13. The number of aliphatic hydroxyl groups is 1. The Morgan fingerprint density at radius 2 is 1.88 bits per heavy atom. The van der Waals surface area contributed by atoms with Gasteiger partial charge in [0.2, 0.25) is 0 Å². The van der Waals surface area contributed by atoms with Crippen molar-refractivity contribution < 1.29 is 5.11 Å². The van der Waals surface area contributed by atoms with Gasteiger partial charge in [-0.1, -0.05) is 24.3 Å². The highest BCUT2D eigenvalue weighted by Crippen LogP contribution is 2.27. The molecule has 2 aliphatic heterocycles. The Morgan fingerprint density at radius 3 is 2.69 bits per heavy atom. The molecule has 1 fully saturated rings. The molecule has 2 aliphatic rings. The number of β-amino-alcohol motifs (C(OH)–C–C–N with tert-alkyl or cyclic N) is 1. The van der Waals surface area contributed by atoms with E-state index in [1.54, 1.807) is 0 Å². The summed E-state index contributed by atoms with van der Waals surface area (Å²) >= 11 is 0. The van der Waals surface area contributed by atoms with E-state index in [1.807, 2.05) is 0 Å². The Hall–Kier alpha value is -2.04. The van der Waals surface area contributed by atoms with E-state index < -0.39 is 6.10 Å². The molecule has 138 valence electrons. The van der Waals surface area contributed by atoms with Crippen molar-refractivity contribution in [3.8, 4) is 0 Å². The van der Waals surface area contributed by atoms with Crippen LogP contribution in [0.5, 0.6) is 0 Å². The lowest BCUT2D eigenvalue weighted by Gasteiger charge is -2.37. The molecule has 0 spiro atoms. The average molecular weight is 351 g/mol. The molecule has 4 rings (SSSR count). The van der Waals surface area contributed by atoms with Crippen LogP contribution >= 0.6 is 0 Å². The molecule has 4 nitrogen and oxygen atoms in total. The molecule has 0 radical (unpaired) electrons. The van der Waals surface area contributed by atoms with Crippen molar-refractivity contribution in [2.24, 2.45) is 0 Å². The summed E-state index contributed by atoms with van der Waals surface area (Å²) in [6, 6.07) is 12.9. The highest BCUT2D eigenvalue weighted by molar-refractivity contribution is 5.57. The number of nitrogens with zero attached hydrogens (tertiary/aromatic N) is 2. The Morgan fingerprint density at radius 1 is 1.08 bits per heavy atom. The highest BCUT2D eigenvalue weighted by atomic mass is 16.3. The van der Waals surface area contributed by atoms with Gasteiger partial charge in [0.25, 0.3) is 0 Å². The van der Waals surface area contributed by atoms with Gasteiger partial charge in [0.05, 0.1) is 6.10 Å². The Balaban J connectivity index is 1.35. The Labute approximate surface area is 156 Å². The number of rotatable bonds is 4. The van der Waals surface area contributed by atoms with Gasteiger partial charge < -0.3 is 15.3 Å². The van der Waals surface area contributed by atoms with Gasteiger partial charge in [0.15, 0.2) is 0 Å². The van der Waals surface area contributed by atoms with Crippen LogP contribution in [-0.4, -0.2) is 49.3 Å². The van der Waals surface area contributed by atoms with E-state index in [0.29, 0.717) is 6.54 Å². The maximum Gasteiger partial charge on any atom is 0.0917 e. The van der Waals surface area contributed by atoms with Gasteiger partial charge in [0.1, 0.15) is 0 Å². The van der Waals surface area contributed by atoms with Gasteiger partial charge in [0, 0.05) is 50.6 Å². The third-order valence-electron chi connectivity index (χ3n) is 5.94. The molecule has 2 aromatic rings. The summed E-state index contributed by atoms with van der Waals surface area (Å²) in [7, 11) is 0. The maximum atomic E-state index is 10.7. The summed E-state index contributed by atoms with van der Waals surface area (Å²) in [4.78, 5) is 4.87. The third-order valence-corrected chi connectivity index (χ3v) is 5.94. The zero-order valence-corrected chi connectivity index (χ0v) is 15.8. The summed E-state index contributed by atoms with van der Waals surface area (Å²) in [5.41, 5.74) is 7.70. The topological polar surface area (TPSA) is 38.7 Å². The van der Waals surface area contributed by atoms with Gasteiger partial charge in [-0.2, -0.15) is 0 Å². The van der Waals surface area contributed by atoms with Crippen molar-refractivity contribution in [3.05, 3.63) is 58.7 Å². The average Bonchev–Trinajstić information content (AvgIpc) is 3.12. The van der Waals surface area contributed by atoms with Crippen LogP contribution in [0, 0.1) is 13.8 Å². The van der Waals surface area contributed by atoms with E-state index in [-0.39, 0.29) is 0 Å². The van der Waals surface area contributed by atoms with Gasteiger partial charge in [-0.15, -0.1) is 0 Å². The number of aliphatic hydroxyl groups excluding tert-OH is 1. The normalized spacial score (nSPS) is 18.5. The first kappa shape index (κ1) is 17.4. The second-order valence-electron chi connectivity index (χ2n) is 7.62. The third kappa shape index (κ3) is 3.44. The Kier molecular flexibility index (Phi) is 4.88. The number of anilines is 2. The number of piperazine rings is 1. The van der Waals surface area contributed by atoms with Crippen molar-refractivity contribution in [2.45, 2.75) is 26.4 Å². The number of fused-ring (bicyclic) bond motifs is 1. The van der Waals surface area contributed by atoms with Gasteiger partial charge in [-0.3, -0.25) is 4.90 Å². The van der Waals surface area contributed by atoms with Gasteiger partial charge in [-0.05, 0) is 54.7 Å². The van der Waals surface area contributed by atoms with E-state index in [4.69, 9.17) is 0 Å². The first-order valence-electron chi connectivity index (χ1n) is 9.70. The van der Waals surface area contributed by atoms with Crippen LogP contribution < -0.4 is 10.2 Å². The lowest BCUT2D eigenvalue weighted by molar-refractivity contribution is 0.109. The first-order valence-corrected chi connectivity index (χ1v) is 9.70. The molecule has 0 aromatic heterocycles. The SMILES string of the molecule is Cc1cccc(N2CCN(CC(O)c3ccc4c(c3)CCN4)CC2)c1C. The van der Waals surface area contributed by atoms with Crippen LogP contribution in [0.15, 0.2) is 36.4 Å². The lowest BCUT2D eigenvalue weighted by atomic mass is 10.0. The van der Waals surface area contributed by atoms with E-state index in [0.717, 1.165) is 44.7 Å². The summed E-state index contributed by atoms with van der Waals surface area (Å²) in [5, 5.41) is 14.1. The van der Waals surface area contributed by atoms with Crippen LogP contribution in [0.1, 0.15) is 28.4 Å².